The number of carbonyl (C=O) groups excluding carboxylic acids is 1. The number of thiocarbonyl (C=S) groups is 1. The highest BCUT2D eigenvalue weighted by Gasteiger charge is 2.49. The van der Waals surface area contributed by atoms with Gasteiger partial charge in [-0.1, -0.05) is 19.3 Å². The van der Waals surface area contributed by atoms with Crippen LogP contribution in [0.25, 0.3) is 0 Å². The van der Waals surface area contributed by atoms with Gasteiger partial charge in [0.15, 0.2) is 5.11 Å². The van der Waals surface area contributed by atoms with Crippen LogP contribution >= 0.6 is 12.2 Å². The van der Waals surface area contributed by atoms with Crippen LogP contribution in [-0.2, 0) is 11.0 Å². The van der Waals surface area contributed by atoms with E-state index in [1.165, 1.54) is 6.07 Å². The maximum atomic E-state index is 13.5. The molecule has 0 radical (unpaired) electrons. The molecule has 0 bridgehead atoms. The van der Waals surface area contributed by atoms with Crippen molar-refractivity contribution in [3.05, 3.63) is 29.3 Å². The Morgan fingerprint density at radius 2 is 1.76 bits per heavy atom. The molecule has 2 saturated heterocycles. The van der Waals surface area contributed by atoms with E-state index >= 15 is 0 Å². The van der Waals surface area contributed by atoms with Gasteiger partial charge in [-0.05, 0) is 96.9 Å². The summed E-state index contributed by atoms with van der Waals surface area (Å²) in [7, 11) is 0. The van der Waals surface area contributed by atoms with E-state index in [-0.39, 0.29) is 22.7 Å². The van der Waals surface area contributed by atoms with Crippen molar-refractivity contribution in [2.45, 2.75) is 96.0 Å². The Balaban J connectivity index is 1.54. The summed E-state index contributed by atoms with van der Waals surface area (Å²) in [5.41, 5.74) is -3.23. The molecule has 2 heterocycles. The standard InChI is InChI=1S/C27H37F3N4O2S/c1-25(2)23(35)34(20-13-12-19(18-31)21(17-20)27(28,29)30)24(37)33(25)16-9-7-5-6-8-14-32-15-10-11-22(32)26(3,4)36/h12-13,17,22,36H,5-11,14-16H2,1-4H3/t22-/m0/s1. The van der Waals surface area contributed by atoms with E-state index in [1.54, 1.807) is 24.8 Å². The number of amides is 1. The third-order valence-corrected chi connectivity index (χ3v) is 7.92. The van der Waals surface area contributed by atoms with Gasteiger partial charge in [0.25, 0.3) is 5.91 Å². The number of anilines is 1. The Hall–Kier alpha value is -2.22. The Morgan fingerprint density at radius 1 is 1.14 bits per heavy atom. The summed E-state index contributed by atoms with van der Waals surface area (Å²) >= 11 is 5.55. The smallest absolute Gasteiger partial charge is 0.389 e. The number of carbonyl (C=O) groups is 1. The third-order valence-electron chi connectivity index (χ3n) is 7.52. The number of likely N-dealkylation sites (tertiary alicyclic amines) is 1. The van der Waals surface area contributed by atoms with Gasteiger partial charge in [0.2, 0.25) is 0 Å². The lowest BCUT2D eigenvalue weighted by Gasteiger charge is -2.33. The molecule has 1 atom stereocenters. The van der Waals surface area contributed by atoms with Crippen LogP contribution in [-0.4, -0.2) is 62.7 Å². The molecule has 204 valence electrons. The monoisotopic (exact) mass is 538 g/mol. The fraction of sp³-hybridized carbons (Fsp3) is 0.667. The van der Waals surface area contributed by atoms with Crippen molar-refractivity contribution in [2.75, 3.05) is 24.5 Å². The molecular weight excluding hydrogens is 501 g/mol. The lowest BCUT2D eigenvalue weighted by Crippen LogP contribution is -2.45. The SMILES string of the molecule is CC(C)(O)[C@@H]1CCCN1CCCCCCCN1C(=S)N(c2ccc(C#N)c(C(F)(F)F)c2)C(=O)C1(C)C. The average molecular weight is 539 g/mol. The first-order chi connectivity index (χ1) is 17.2. The number of benzene rings is 1. The van der Waals surface area contributed by atoms with Gasteiger partial charge in [0, 0.05) is 12.6 Å². The Labute approximate surface area is 223 Å². The summed E-state index contributed by atoms with van der Waals surface area (Å²) in [4.78, 5) is 18.5. The molecule has 0 aromatic heterocycles. The van der Waals surface area contributed by atoms with E-state index in [9.17, 15) is 23.1 Å². The van der Waals surface area contributed by atoms with Crippen LogP contribution in [0.15, 0.2) is 18.2 Å². The molecule has 10 heteroatoms. The van der Waals surface area contributed by atoms with E-state index in [2.05, 4.69) is 4.90 Å². The van der Waals surface area contributed by atoms with Crippen LogP contribution in [0.5, 0.6) is 0 Å². The largest absolute Gasteiger partial charge is 0.417 e. The van der Waals surface area contributed by atoms with Crippen molar-refractivity contribution in [1.29, 1.82) is 5.26 Å². The highest BCUT2D eigenvalue weighted by molar-refractivity contribution is 7.80. The molecule has 0 spiro atoms. The predicted molar refractivity (Wildman–Crippen MR) is 141 cm³/mol. The molecule has 1 amide bonds. The highest BCUT2D eigenvalue weighted by atomic mass is 32.1. The Kier molecular flexibility index (Phi) is 8.93. The minimum Gasteiger partial charge on any atom is -0.389 e. The van der Waals surface area contributed by atoms with Crippen LogP contribution in [0.1, 0.15) is 83.8 Å². The van der Waals surface area contributed by atoms with E-state index in [4.69, 9.17) is 17.5 Å². The van der Waals surface area contributed by atoms with Crippen LogP contribution in [0.4, 0.5) is 18.9 Å². The van der Waals surface area contributed by atoms with Crippen LogP contribution in [0, 0.1) is 11.3 Å². The lowest BCUT2D eigenvalue weighted by molar-refractivity contribution is -0.137. The van der Waals surface area contributed by atoms with Crippen LogP contribution < -0.4 is 4.90 Å². The fourth-order valence-corrected chi connectivity index (χ4v) is 5.96. The Morgan fingerprint density at radius 3 is 2.35 bits per heavy atom. The molecule has 1 aromatic carbocycles. The second-order valence-electron chi connectivity index (χ2n) is 11.1. The normalized spacial score (nSPS) is 20.7. The minimum atomic E-state index is -4.72. The molecule has 2 aliphatic rings. The van der Waals surface area contributed by atoms with Crippen molar-refractivity contribution >= 4 is 28.9 Å². The van der Waals surface area contributed by atoms with Gasteiger partial charge in [-0.2, -0.15) is 18.4 Å². The van der Waals surface area contributed by atoms with Crippen LogP contribution in [0.2, 0.25) is 0 Å². The number of nitrogens with zero attached hydrogens (tertiary/aromatic N) is 4. The number of aliphatic hydroxyl groups is 1. The second kappa shape index (κ2) is 11.3. The van der Waals surface area contributed by atoms with Gasteiger partial charge in [-0.25, -0.2) is 0 Å². The molecule has 1 N–H and O–H groups in total. The van der Waals surface area contributed by atoms with E-state index in [1.807, 2.05) is 13.8 Å². The molecule has 6 nitrogen and oxygen atoms in total. The first-order valence-electron chi connectivity index (χ1n) is 12.9. The zero-order valence-electron chi connectivity index (χ0n) is 22.1. The van der Waals surface area contributed by atoms with Gasteiger partial charge in [0.05, 0.1) is 28.5 Å². The fourth-order valence-electron chi connectivity index (χ4n) is 5.45. The quantitative estimate of drug-likeness (QED) is 0.315. The molecule has 2 aliphatic heterocycles. The number of alkyl halides is 3. The van der Waals surface area contributed by atoms with Crippen molar-refractivity contribution in [2.24, 2.45) is 0 Å². The molecule has 1 aromatic rings. The van der Waals surface area contributed by atoms with Gasteiger partial charge in [-0.15, -0.1) is 0 Å². The second-order valence-corrected chi connectivity index (χ2v) is 11.5. The summed E-state index contributed by atoms with van der Waals surface area (Å²) in [5, 5.41) is 19.6. The molecule has 3 rings (SSSR count). The number of halogens is 3. The topological polar surface area (TPSA) is 70.8 Å². The summed E-state index contributed by atoms with van der Waals surface area (Å²) in [6.45, 7) is 9.75. The maximum Gasteiger partial charge on any atom is 0.417 e. The Bertz CT molecular complexity index is 1050. The zero-order chi connectivity index (χ0) is 27.6. The van der Waals surface area contributed by atoms with Crippen molar-refractivity contribution in [3.8, 4) is 6.07 Å². The number of nitriles is 1. The van der Waals surface area contributed by atoms with Crippen molar-refractivity contribution < 1.29 is 23.1 Å². The van der Waals surface area contributed by atoms with E-state index < -0.39 is 28.4 Å². The minimum absolute atomic E-state index is 0.0168. The average Bonchev–Trinajstić information content (AvgIpc) is 3.34. The van der Waals surface area contributed by atoms with Crippen molar-refractivity contribution in [1.82, 2.24) is 9.80 Å². The van der Waals surface area contributed by atoms with E-state index in [0.29, 0.717) is 6.54 Å². The first kappa shape index (κ1) is 29.3. The molecular formula is C27H37F3N4O2S. The zero-order valence-corrected chi connectivity index (χ0v) is 22.9. The molecule has 0 unspecified atom stereocenters. The number of hydrogen-bond donors (Lipinski definition) is 1. The third kappa shape index (κ3) is 6.44. The summed E-state index contributed by atoms with van der Waals surface area (Å²) < 4.78 is 40.4. The van der Waals surface area contributed by atoms with Gasteiger partial charge in [0.1, 0.15) is 5.54 Å². The molecule has 0 saturated carbocycles. The number of unbranched alkanes of at least 4 members (excludes halogenated alkanes) is 4. The number of rotatable bonds is 10. The summed E-state index contributed by atoms with van der Waals surface area (Å²) in [6.07, 6.45) is 2.36. The highest BCUT2D eigenvalue weighted by Crippen LogP contribution is 2.38. The predicted octanol–water partition coefficient (Wildman–Crippen LogP) is 5.47. The van der Waals surface area contributed by atoms with Crippen molar-refractivity contribution in [3.63, 3.8) is 0 Å². The van der Waals surface area contributed by atoms with E-state index in [0.717, 1.165) is 75.1 Å². The number of hydrogen-bond acceptors (Lipinski definition) is 5. The van der Waals surface area contributed by atoms with Gasteiger partial charge >= 0.3 is 6.18 Å². The first-order valence-corrected chi connectivity index (χ1v) is 13.3. The molecule has 37 heavy (non-hydrogen) atoms. The summed E-state index contributed by atoms with van der Waals surface area (Å²) in [5.74, 6) is -0.387. The van der Waals surface area contributed by atoms with Gasteiger partial charge in [-0.3, -0.25) is 14.6 Å². The maximum absolute atomic E-state index is 13.5. The summed E-state index contributed by atoms with van der Waals surface area (Å²) in [6, 6.07) is 5.01. The van der Waals surface area contributed by atoms with Gasteiger partial charge < -0.3 is 10.0 Å². The molecule has 2 fully saturated rings. The molecule has 0 aliphatic carbocycles. The van der Waals surface area contributed by atoms with Crippen LogP contribution in [0.3, 0.4) is 0 Å². The lowest BCUT2D eigenvalue weighted by atomic mass is 9.96.